The topological polar surface area (TPSA) is 68.8 Å². The van der Waals surface area contributed by atoms with Gasteiger partial charge in [0.25, 0.3) is 0 Å². The average molecular weight is 292 g/mol. The minimum atomic E-state index is -0.498. The monoisotopic (exact) mass is 292 g/mol. The fraction of sp³-hybridized carbons (Fsp3) is 0.533. The third-order valence-electron chi connectivity index (χ3n) is 3.95. The highest BCUT2D eigenvalue weighted by Gasteiger charge is 2.41. The summed E-state index contributed by atoms with van der Waals surface area (Å²) in [6.07, 6.45) is 0.775. The molecule has 0 radical (unpaired) electrons. The van der Waals surface area contributed by atoms with Crippen molar-refractivity contribution in [3.63, 3.8) is 0 Å². The van der Waals surface area contributed by atoms with E-state index in [4.69, 9.17) is 14.2 Å². The molecule has 1 amide bonds. The highest BCUT2D eigenvalue weighted by Crippen LogP contribution is 2.34. The van der Waals surface area contributed by atoms with E-state index < -0.39 is 5.41 Å². The number of anilines is 1. The van der Waals surface area contributed by atoms with Gasteiger partial charge in [0.2, 0.25) is 5.91 Å². The fourth-order valence-corrected chi connectivity index (χ4v) is 2.79. The van der Waals surface area contributed by atoms with E-state index in [0.29, 0.717) is 43.6 Å². The molecule has 1 aromatic rings. The number of hydrogen-bond acceptors (Lipinski definition) is 5. The Morgan fingerprint density at radius 3 is 2.90 bits per heavy atom. The SMILES string of the molecule is COCC1(C(=O)Nc2ccc3c(c2)OCCO3)CCNC1. The third kappa shape index (κ3) is 2.82. The minimum absolute atomic E-state index is 0.0222. The normalized spacial score (nSPS) is 23.9. The van der Waals surface area contributed by atoms with Gasteiger partial charge < -0.3 is 24.8 Å². The van der Waals surface area contributed by atoms with Crippen molar-refractivity contribution in [1.82, 2.24) is 5.32 Å². The van der Waals surface area contributed by atoms with Crippen molar-refractivity contribution in [2.24, 2.45) is 5.41 Å². The Kier molecular flexibility index (Phi) is 3.98. The van der Waals surface area contributed by atoms with Crippen LogP contribution < -0.4 is 20.1 Å². The number of amides is 1. The average Bonchev–Trinajstić information content (AvgIpc) is 2.97. The van der Waals surface area contributed by atoms with Crippen molar-refractivity contribution in [2.45, 2.75) is 6.42 Å². The number of fused-ring (bicyclic) bond motifs is 1. The molecule has 0 saturated carbocycles. The van der Waals surface area contributed by atoms with Crippen LogP contribution in [0, 0.1) is 5.41 Å². The van der Waals surface area contributed by atoms with E-state index in [0.717, 1.165) is 13.0 Å². The number of carbonyl (C=O) groups excluding carboxylic acids is 1. The van der Waals surface area contributed by atoms with Crippen molar-refractivity contribution >= 4 is 11.6 Å². The number of rotatable bonds is 4. The number of carbonyl (C=O) groups is 1. The van der Waals surface area contributed by atoms with Gasteiger partial charge in [0.05, 0.1) is 12.0 Å². The van der Waals surface area contributed by atoms with Gasteiger partial charge in [0, 0.05) is 25.4 Å². The van der Waals surface area contributed by atoms with Crippen LogP contribution >= 0.6 is 0 Å². The summed E-state index contributed by atoms with van der Waals surface area (Å²) >= 11 is 0. The van der Waals surface area contributed by atoms with Gasteiger partial charge in [0.1, 0.15) is 13.2 Å². The van der Waals surface area contributed by atoms with Gasteiger partial charge in [-0.25, -0.2) is 0 Å². The first-order valence-corrected chi connectivity index (χ1v) is 7.14. The van der Waals surface area contributed by atoms with Crippen molar-refractivity contribution < 1.29 is 19.0 Å². The van der Waals surface area contributed by atoms with E-state index in [-0.39, 0.29) is 5.91 Å². The number of hydrogen-bond donors (Lipinski definition) is 2. The molecule has 21 heavy (non-hydrogen) atoms. The van der Waals surface area contributed by atoms with Crippen LogP contribution in [0.25, 0.3) is 0 Å². The molecule has 114 valence electrons. The standard InChI is InChI=1S/C15H20N2O4/c1-19-10-15(4-5-16-9-15)14(18)17-11-2-3-12-13(8-11)21-7-6-20-12/h2-3,8,16H,4-7,9-10H2,1H3,(H,17,18). The van der Waals surface area contributed by atoms with Crippen LogP contribution in [0.2, 0.25) is 0 Å². The van der Waals surface area contributed by atoms with Gasteiger partial charge in [-0.15, -0.1) is 0 Å². The lowest BCUT2D eigenvalue weighted by atomic mass is 9.87. The summed E-state index contributed by atoms with van der Waals surface area (Å²) in [6, 6.07) is 5.45. The van der Waals surface area contributed by atoms with Gasteiger partial charge in [0.15, 0.2) is 11.5 Å². The van der Waals surface area contributed by atoms with Crippen LogP contribution in [0.3, 0.4) is 0 Å². The fourth-order valence-electron chi connectivity index (χ4n) is 2.79. The van der Waals surface area contributed by atoms with E-state index in [9.17, 15) is 4.79 Å². The van der Waals surface area contributed by atoms with Gasteiger partial charge in [-0.2, -0.15) is 0 Å². The number of ether oxygens (including phenoxy) is 3. The minimum Gasteiger partial charge on any atom is -0.486 e. The number of methoxy groups -OCH3 is 1. The van der Waals surface area contributed by atoms with Gasteiger partial charge in [-0.1, -0.05) is 0 Å². The zero-order valence-electron chi connectivity index (χ0n) is 12.1. The zero-order chi connectivity index (χ0) is 14.7. The van der Waals surface area contributed by atoms with Crippen molar-refractivity contribution in [3.05, 3.63) is 18.2 Å². The number of benzene rings is 1. The van der Waals surface area contributed by atoms with E-state index in [2.05, 4.69) is 10.6 Å². The molecular formula is C15H20N2O4. The van der Waals surface area contributed by atoms with Gasteiger partial charge in [-0.3, -0.25) is 4.79 Å². The molecule has 1 aromatic carbocycles. The van der Waals surface area contributed by atoms with Crippen LogP contribution in [0.4, 0.5) is 5.69 Å². The lowest BCUT2D eigenvalue weighted by Crippen LogP contribution is -2.41. The Labute approximate surface area is 123 Å². The summed E-state index contributed by atoms with van der Waals surface area (Å²) in [5.41, 5.74) is 0.216. The molecule has 2 aliphatic heterocycles. The molecule has 0 spiro atoms. The van der Waals surface area contributed by atoms with Crippen molar-refractivity contribution in [2.75, 3.05) is 45.3 Å². The molecule has 6 nitrogen and oxygen atoms in total. The van der Waals surface area contributed by atoms with Crippen LogP contribution in [0.5, 0.6) is 11.5 Å². The first-order chi connectivity index (χ1) is 10.2. The Morgan fingerprint density at radius 2 is 2.19 bits per heavy atom. The lowest BCUT2D eigenvalue weighted by Gasteiger charge is -2.26. The second kappa shape index (κ2) is 5.91. The molecular weight excluding hydrogens is 272 g/mol. The number of nitrogens with one attached hydrogen (secondary N) is 2. The summed E-state index contributed by atoms with van der Waals surface area (Å²) in [4.78, 5) is 12.6. The van der Waals surface area contributed by atoms with Crippen LogP contribution in [-0.4, -0.2) is 45.9 Å². The first kappa shape index (κ1) is 14.2. The molecule has 6 heteroatoms. The molecule has 2 N–H and O–H groups in total. The predicted octanol–water partition coefficient (Wildman–Crippen LogP) is 1.02. The summed E-state index contributed by atoms with van der Waals surface area (Å²) in [6.45, 7) is 2.97. The third-order valence-corrected chi connectivity index (χ3v) is 3.95. The molecule has 2 heterocycles. The van der Waals surface area contributed by atoms with E-state index >= 15 is 0 Å². The Balaban J connectivity index is 1.74. The summed E-state index contributed by atoms with van der Waals surface area (Å²) < 4.78 is 16.2. The van der Waals surface area contributed by atoms with E-state index in [1.54, 1.807) is 13.2 Å². The summed E-state index contributed by atoms with van der Waals surface area (Å²) in [5.74, 6) is 1.36. The molecule has 1 atom stereocenters. The predicted molar refractivity (Wildman–Crippen MR) is 77.9 cm³/mol. The largest absolute Gasteiger partial charge is 0.486 e. The second-order valence-electron chi connectivity index (χ2n) is 5.45. The highest BCUT2D eigenvalue weighted by atomic mass is 16.6. The maximum Gasteiger partial charge on any atom is 0.234 e. The van der Waals surface area contributed by atoms with Crippen LogP contribution in [-0.2, 0) is 9.53 Å². The smallest absolute Gasteiger partial charge is 0.234 e. The van der Waals surface area contributed by atoms with Crippen LogP contribution in [0.1, 0.15) is 6.42 Å². The van der Waals surface area contributed by atoms with Crippen molar-refractivity contribution in [1.29, 1.82) is 0 Å². The Bertz CT molecular complexity index is 526. The highest BCUT2D eigenvalue weighted by molar-refractivity contribution is 5.96. The van der Waals surface area contributed by atoms with Gasteiger partial charge in [-0.05, 0) is 25.1 Å². The lowest BCUT2D eigenvalue weighted by molar-refractivity contribution is -0.127. The van der Waals surface area contributed by atoms with E-state index in [1.807, 2.05) is 12.1 Å². The second-order valence-corrected chi connectivity index (χ2v) is 5.45. The molecule has 3 rings (SSSR count). The summed E-state index contributed by atoms with van der Waals surface area (Å²) in [5, 5.41) is 6.19. The Hall–Kier alpha value is -1.79. The molecule has 1 unspecified atom stereocenters. The zero-order valence-corrected chi connectivity index (χ0v) is 12.1. The summed E-state index contributed by atoms with van der Waals surface area (Å²) in [7, 11) is 1.62. The molecule has 0 aliphatic carbocycles. The van der Waals surface area contributed by atoms with Gasteiger partial charge >= 0.3 is 0 Å². The van der Waals surface area contributed by atoms with Crippen LogP contribution in [0.15, 0.2) is 18.2 Å². The first-order valence-electron chi connectivity index (χ1n) is 7.14. The molecule has 1 saturated heterocycles. The van der Waals surface area contributed by atoms with E-state index in [1.165, 1.54) is 0 Å². The maximum absolute atomic E-state index is 12.6. The molecule has 2 aliphatic rings. The molecule has 1 fully saturated rings. The molecule has 0 bridgehead atoms. The van der Waals surface area contributed by atoms with Crippen molar-refractivity contribution in [3.8, 4) is 11.5 Å². The maximum atomic E-state index is 12.6. The molecule has 0 aromatic heterocycles. The quantitative estimate of drug-likeness (QED) is 0.867. The Morgan fingerprint density at radius 1 is 1.38 bits per heavy atom.